The van der Waals surface area contributed by atoms with Gasteiger partial charge in [-0.05, 0) is 38.3 Å². The number of carbonyl (C=O) groups is 3. The zero-order valence-corrected chi connectivity index (χ0v) is 19.6. The molecule has 0 aromatic heterocycles. The number of para-hydroxylation sites is 1. The molecule has 178 valence electrons. The maximum atomic E-state index is 14.1. The van der Waals surface area contributed by atoms with Gasteiger partial charge in [0.25, 0.3) is 5.91 Å². The Hall–Kier alpha value is -2.42. The van der Waals surface area contributed by atoms with E-state index in [0.29, 0.717) is 23.6 Å². The number of aliphatic hydroxyl groups excluding tert-OH is 1. The van der Waals surface area contributed by atoms with Gasteiger partial charge in [-0.1, -0.05) is 29.8 Å². The Kier molecular flexibility index (Phi) is 6.53. The fourth-order valence-corrected chi connectivity index (χ4v) is 6.14. The van der Waals surface area contributed by atoms with E-state index >= 15 is 0 Å². The van der Waals surface area contributed by atoms with Gasteiger partial charge in [-0.2, -0.15) is 0 Å². The Morgan fingerprint density at radius 3 is 2.85 bits per heavy atom. The maximum Gasteiger partial charge on any atom is 0.312 e. The number of ether oxygens (including phenoxy) is 2. The van der Waals surface area contributed by atoms with Gasteiger partial charge in [0.1, 0.15) is 11.6 Å². The van der Waals surface area contributed by atoms with Crippen LogP contribution in [0.5, 0.6) is 0 Å². The molecular weight excluding hydrogens is 448 g/mol. The summed E-state index contributed by atoms with van der Waals surface area (Å²) in [4.78, 5) is 43.3. The van der Waals surface area contributed by atoms with Crippen LogP contribution in [0.1, 0.15) is 25.3 Å². The van der Waals surface area contributed by atoms with E-state index in [1.807, 2.05) is 13.0 Å². The molecule has 1 spiro atoms. The van der Waals surface area contributed by atoms with Crippen molar-refractivity contribution in [1.82, 2.24) is 4.90 Å². The Morgan fingerprint density at radius 2 is 2.21 bits per heavy atom. The lowest BCUT2D eigenvalue weighted by Gasteiger charge is -2.37. The van der Waals surface area contributed by atoms with Crippen LogP contribution in [0.3, 0.4) is 0 Å². The highest BCUT2D eigenvalue weighted by Crippen LogP contribution is 2.59. The Labute approximate surface area is 198 Å². The second-order valence-electron chi connectivity index (χ2n) is 8.71. The van der Waals surface area contributed by atoms with E-state index in [9.17, 15) is 19.5 Å². The molecule has 2 amide bonds. The zero-order chi connectivity index (χ0) is 23.9. The summed E-state index contributed by atoms with van der Waals surface area (Å²) in [6.45, 7) is 7.35. The number of carbonyl (C=O) groups excluding carboxylic acids is 3. The molecule has 3 aliphatic rings. The van der Waals surface area contributed by atoms with Crippen molar-refractivity contribution >= 4 is 35.1 Å². The number of halogens is 1. The van der Waals surface area contributed by atoms with E-state index < -0.39 is 35.6 Å². The lowest BCUT2D eigenvalue weighted by Crippen LogP contribution is -2.57. The Morgan fingerprint density at radius 1 is 1.45 bits per heavy atom. The van der Waals surface area contributed by atoms with Crippen molar-refractivity contribution < 1.29 is 29.0 Å². The van der Waals surface area contributed by atoms with Gasteiger partial charge in [-0.15, -0.1) is 6.58 Å². The third-order valence-corrected chi connectivity index (χ3v) is 7.27. The van der Waals surface area contributed by atoms with Crippen LogP contribution in [-0.2, 0) is 23.9 Å². The van der Waals surface area contributed by atoms with Crippen molar-refractivity contribution in [3.05, 3.63) is 41.4 Å². The second-order valence-corrected chi connectivity index (χ2v) is 9.11. The number of anilines is 1. The van der Waals surface area contributed by atoms with Crippen molar-refractivity contribution in [3.63, 3.8) is 0 Å². The maximum absolute atomic E-state index is 14.1. The molecule has 8 nitrogen and oxygen atoms in total. The SMILES string of the molecule is C=CCN(C(=O)C1N(CCO)C(=O)[C@@H]2[C@H](C(=O)OCC)[C@@H]3CCC12O3)c1c(C)cccc1Cl. The molecule has 3 saturated heterocycles. The van der Waals surface area contributed by atoms with Gasteiger partial charge in [-0.3, -0.25) is 14.4 Å². The summed E-state index contributed by atoms with van der Waals surface area (Å²) in [7, 11) is 0. The molecule has 3 fully saturated rings. The van der Waals surface area contributed by atoms with Crippen LogP contribution in [0.2, 0.25) is 5.02 Å². The number of amides is 2. The summed E-state index contributed by atoms with van der Waals surface area (Å²) >= 11 is 6.48. The first-order chi connectivity index (χ1) is 15.8. The molecule has 33 heavy (non-hydrogen) atoms. The van der Waals surface area contributed by atoms with E-state index in [4.69, 9.17) is 21.1 Å². The minimum Gasteiger partial charge on any atom is -0.466 e. The average molecular weight is 477 g/mol. The van der Waals surface area contributed by atoms with E-state index in [0.717, 1.165) is 5.56 Å². The predicted octanol–water partition coefficient (Wildman–Crippen LogP) is 2.10. The molecule has 3 aliphatic heterocycles. The molecule has 3 heterocycles. The first kappa shape index (κ1) is 23.7. The van der Waals surface area contributed by atoms with Crippen molar-refractivity contribution in [2.45, 2.75) is 44.4 Å². The zero-order valence-electron chi connectivity index (χ0n) is 18.8. The van der Waals surface area contributed by atoms with E-state index in [1.54, 1.807) is 25.1 Å². The van der Waals surface area contributed by atoms with Crippen LogP contribution >= 0.6 is 11.6 Å². The molecule has 4 rings (SSSR count). The number of rotatable bonds is 8. The van der Waals surface area contributed by atoms with E-state index in [-0.39, 0.29) is 38.1 Å². The molecule has 1 N–H and O–H groups in total. The fraction of sp³-hybridized carbons (Fsp3) is 0.542. The van der Waals surface area contributed by atoms with Gasteiger partial charge in [-0.25, -0.2) is 0 Å². The van der Waals surface area contributed by atoms with Gasteiger partial charge >= 0.3 is 5.97 Å². The van der Waals surface area contributed by atoms with Gasteiger partial charge in [0, 0.05) is 13.1 Å². The average Bonchev–Trinajstić information content (AvgIpc) is 3.41. The largest absolute Gasteiger partial charge is 0.466 e. The quantitative estimate of drug-likeness (QED) is 0.456. The van der Waals surface area contributed by atoms with Crippen molar-refractivity contribution in [3.8, 4) is 0 Å². The Balaban J connectivity index is 1.79. The summed E-state index contributed by atoms with van der Waals surface area (Å²) in [5, 5.41) is 10.1. The summed E-state index contributed by atoms with van der Waals surface area (Å²) in [5.41, 5.74) is 0.181. The van der Waals surface area contributed by atoms with E-state index in [2.05, 4.69) is 6.58 Å². The summed E-state index contributed by atoms with van der Waals surface area (Å²) in [6, 6.07) is 4.36. The van der Waals surface area contributed by atoms with Crippen LogP contribution in [0.4, 0.5) is 5.69 Å². The number of β-amino-alcohol motifs (C(OH)–C–C–N with tert-alkyl or cyclic N) is 1. The van der Waals surface area contributed by atoms with Crippen molar-refractivity contribution in [1.29, 1.82) is 0 Å². The summed E-state index contributed by atoms with van der Waals surface area (Å²) in [5.74, 6) is -2.81. The summed E-state index contributed by atoms with van der Waals surface area (Å²) < 4.78 is 11.6. The Bertz CT molecular complexity index is 963. The van der Waals surface area contributed by atoms with Crippen LogP contribution < -0.4 is 4.90 Å². The molecule has 0 aliphatic carbocycles. The smallest absolute Gasteiger partial charge is 0.312 e. The van der Waals surface area contributed by atoms with Crippen molar-refractivity contribution in [2.75, 3.05) is 31.2 Å². The lowest BCUT2D eigenvalue weighted by molar-refractivity contribution is -0.154. The van der Waals surface area contributed by atoms with Crippen LogP contribution in [0, 0.1) is 18.8 Å². The van der Waals surface area contributed by atoms with Gasteiger partial charge in [0.05, 0.1) is 41.9 Å². The van der Waals surface area contributed by atoms with Gasteiger partial charge < -0.3 is 24.4 Å². The number of hydrogen-bond acceptors (Lipinski definition) is 6. The van der Waals surface area contributed by atoms with Crippen LogP contribution in [0.15, 0.2) is 30.9 Å². The topological polar surface area (TPSA) is 96.4 Å². The first-order valence-electron chi connectivity index (χ1n) is 11.3. The highest BCUT2D eigenvalue weighted by molar-refractivity contribution is 6.34. The monoisotopic (exact) mass is 476 g/mol. The second kappa shape index (κ2) is 9.08. The van der Waals surface area contributed by atoms with Gasteiger partial charge in [0.15, 0.2) is 0 Å². The number of likely N-dealkylation sites (tertiary alicyclic amines) is 1. The number of esters is 1. The third kappa shape index (κ3) is 3.55. The molecule has 1 aromatic carbocycles. The molecule has 0 saturated carbocycles. The molecule has 0 radical (unpaired) electrons. The number of nitrogens with zero attached hydrogens (tertiary/aromatic N) is 2. The molecule has 9 heteroatoms. The standard InChI is InChI=1S/C24H29ClN2O6/c1-4-11-26(19-14(3)7-6-8-15(19)25)22(30)20-24-10-9-16(33-24)17(23(31)32-5-2)18(24)21(29)27(20)12-13-28/h4,6-8,16-18,20,28H,1,5,9-13H2,2-3H3/t16-,17+,18-,20?,24?/m0/s1. The third-order valence-electron chi connectivity index (χ3n) is 6.97. The van der Waals surface area contributed by atoms with Crippen LogP contribution in [-0.4, -0.2) is 71.8 Å². The molecule has 5 atom stereocenters. The number of aliphatic hydroxyl groups is 1. The number of aryl methyl sites for hydroxylation is 1. The minimum absolute atomic E-state index is 0.0412. The highest BCUT2D eigenvalue weighted by atomic mass is 35.5. The van der Waals surface area contributed by atoms with Crippen LogP contribution in [0.25, 0.3) is 0 Å². The molecular formula is C24H29ClN2O6. The highest BCUT2D eigenvalue weighted by Gasteiger charge is 2.75. The minimum atomic E-state index is -1.15. The van der Waals surface area contributed by atoms with E-state index in [1.165, 1.54) is 9.80 Å². The number of hydrogen-bond donors (Lipinski definition) is 1. The normalized spacial score (nSPS) is 29.8. The predicted molar refractivity (Wildman–Crippen MR) is 122 cm³/mol. The summed E-state index contributed by atoms with van der Waals surface area (Å²) in [6.07, 6.45) is 2.14. The van der Waals surface area contributed by atoms with Crippen molar-refractivity contribution in [2.24, 2.45) is 11.8 Å². The molecule has 2 unspecified atom stereocenters. The molecule has 1 aromatic rings. The number of benzene rings is 1. The number of fused-ring (bicyclic) bond motifs is 1. The molecule has 2 bridgehead atoms. The fourth-order valence-electron chi connectivity index (χ4n) is 5.82. The van der Waals surface area contributed by atoms with Gasteiger partial charge in [0.2, 0.25) is 5.91 Å². The lowest BCUT2D eigenvalue weighted by atomic mass is 9.70. The first-order valence-corrected chi connectivity index (χ1v) is 11.6.